The van der Waals surface area contributed by atoms with Gasteiger partial charge in [0.05, 0.1) is 0 Å². The predicted octanol–water partition coefficient (Wildman–Crippen LogP) is -6.35. The summed E-state index contributed by atoms with van der Waals surface area (Å²) in [5.41, 5.74) is 0. The van der Waals surface area contributed by atoms with Crippen LogP contribution in [0.2, 0.25) is 0 Å². The maximum atomic E-state index is 10.4. The van der Waals surface area contributed by atoms with E-state index in [1.54, 1.807) is 0 Å². The van der Waals surface area contributed by atoms with Crippen LogP contribution in [-0.4, -0.2) is 24.5 Å². The van der Waals surface area contributed by atoms with Crippen LogP contribution in [0.15, 0.2) is 0 Å². The molecule has 0 aliphatic rings. The van der Waals surface area contributed by atoms with E-state index in [0.717, 1.165) is 0 Å². The van der Waals surface area contributed by atoms with Gasteiger partial charge < -0.3 is 63.0 Å². The van der Waals surface area contributed by atoms with Gasteiger partial charge in [-0.05, 0) is 0 Å². The normalized spacial score (nSPS) is 11.8. The molecule has 0 amide bonds. The van der Waals surface area contributed by atoms with Crippen LogP contribution < -0.4 is 29.4 Å². The Kier molecular flexibility index (Phi) is 26.6. The van der Waals surface area contributed by atoms with Crippen LogP contribution in [0.25, 0.3) is 0 Å². The van der Waals surface area contributed by atoms with Crippen molar-refractivity contribution in [3.8, 4) is 0 Å². The molecular weight excluding hydrogens is 639 g/mol. The standard InChI is InChI=1S/H5O10P3.2H3O4P.3Zn/c1-11(2,3)9-13(7,8)10-12(4,5)6;2*1-5(2,3)4;;;/h(H,7,8)(H2,1,2,3)(H2,4,5,6);2*(H3,1,2,3,4);;;/q;;;3*+2/p-6. The van der Waals surface area contributed by atoms with Crippen molar-refractivity contribution in [2.24, 2.45) is 0 Å². The van der Waals surface area contributed by atoms with Crippen molar-refractivity contribution in [1.82, 2.24) is 0 Å². The summed E-state index contributed by atoms with van der Waals surface area (Å²) in [5, 5.41) is 0. The van der Waals surface area contributed by atoms with Gasteiger partial charge in [-0.15, -0.1) is 0 Å². The van der Waals surface area contributed by atoms with E-state index in [-0.39, 0.29) is 58.4 Å². The Morgan fingerprint density at radius 2 is 0.615 bits per heavy atom. The summed E-state index contributed by atoms with van der Waals surface area (Å²) in [6.07, 6.45) is 0. The fourth-order valence-corrected chi connectivity index (χ4v) is 2.82. The molecule has 0 unspecified atom stereocenters. The van der Waals surface area contributed by atoms with Crippen LogP contribution in [0.4, 0.5) is 0 Å². The minimum atomic E-state index is -5.46. The van der Waals surface area contributed by atoms with Gasteiger partial charge in [0.15, 0.2) is 0 Å². The maximum absolute atomic E-state index is 10.4. The second-order valence-electron chi connectivity index (χ2n) is 2.51. The van der Waals surface area contributed by atoms with Crippen LogP contribution in [0.3, 0.4) is 0 Å². The molecule has 26 heavy (non-hydrogen) atoms. The second-order valence-corrected chi connectivity index (χ2v) is 8.50. The molecule has 0 aromatic carbocycles. The van der Waals surface area contributed by atoms with Gasteiger partial charge >= 0.3 is 81.9 Å². The van der Waals surface area contributed by atoms with Crippen LogP contribution in [-0.2, 0) is 89.9 Å². The maximum Gasteiger partial charge on any atom is 2.00 e. The van der Waals surface area contributed by atoms with Crippen molar-refractivity contribution >= 4 is 39.1 Å². The van der Waals surface area contributed by atoms with Crippen molar-refractivity contribution in [1.29, 1.82) is 0 Å². The third-order valence-corrected chi connectivity index (χ3v) is 3.77. The van der Waals surface area contributed by atoms with Crippen molar-refractivity contribution in [2.75, 3.05) is 0 Å². The molecule has 0 aromatic heterocycles. The van der Waals surface area contributed by atoms with Crippen LogP contribution in [0.1, 0.15) is 0 Å². The predicted molar refractivity (Wildman–Crippen MR) is 51.3 cm³/mol. The largest absolute Gasteiger partial charge is 2.00 e. The first-order valence-electron chi connectivity index (χ1n) is 3.74. The van der Waals surface area contributed by atoms with Crippen LogP contribution >= 0.6 is 39.1 Å². The first-order chi connectivity index (χ1) is 9.41. The molecule has 18 nitrogen and oxygen atoms in total. The van der Waals surface area contributed by atoms with Crippen molar-refractivity contribution in [3.05, 3.63) is 0 Å². The van der Waals surface area contributed by atoms with Crippen molar-refractivity contribution in [3.63, 3.8) is 0 Å². The summed E-state index contributed by atoms with van der Waals surface area (Å²) in [6.45, 7) is 0. The van der Waals surface area contributed by atoms with Gasteiger partial charge in [-0.25, -0.2) is 13.7 Å². The quantitative estimate of drug-likeness (QED) is 0.140. The van der Waals surface area contributed by atoms with E-state index in [1.165, 1.54) is 0 Å². The monoisotopic (exact) mass is 640 g/mol. The van der Waals surface area contributed by atoms with Gasteiger partial charge in [-0.2, -0.15) is 24.3 Å². The van der Waals surface area contributed by atoms with Crippen LogP contribution in [0, 0.1) is 0 Å². The Balaban J connectivity index is -0.0000000652. The molecule has 144 valence electrons. The average Bonchev–Trinajstić information content (AvgIpc) is 1.81. The SMILES string of the molecule is O=P(O)(O)OP(=O)(O)OP(=O)(O)O.O=P([O-])([O-])[O-].O=P([O-])([O-])[O-].[Zn+2].[Zn+2].[Zn+2]. The summed E-state index contributed by atoms with van der Waals surface area (Å²) in [7, 11) is -26.9. The summed E-state index contributed by atoms with van der Waals surface area (Å²) in [4.78, 5) is 91.5. The van der Waals surface area contributed by atoms with E-state index in [2.05, 4.69) is 8.62 Å². The Morgan fingerprint density at radius 3 is 0.692 bits per heavy atom. The second kappa shape index (κ2) is 16.2. The van der Waals surface area contributed by atoms with E-state index in [0.29, 0.717) is 0 Å². The Hall–Kier alpha value is 2.50. The molecule has 0 atom stereocenters. The molecule has 0 fully saturated rings. The summed E-state index contributed by atoms with van der Waals surface area (Å²) < 4.78 is 53.5. The Bertz CT molecular complexity index is 505. The van der Waals surface area contributed by atoms with E-state index in [1.807, 2.05) is 0 Å². The zero-order valence-corrected chi connectivity index (χ0v) is 25.3. The molecule has 0 bridgehead atoms. The molecule has 5 N–H and O–H groups in total. The van der Waals surface area contributed by atoms with Gasteiger partial charge in [-0.1, -0.05) is 0 Å². The third kappa shape index (κ3) is 82.0. The smallest absolute Gasteiger partial charge is 0.822 e. The molecule has 0 saturated carbocycles. The van der Waals surface area contributed by atoms with Gasteiger partial charge in [0.1, 0.15) is 0 Å². The summed E-state index contributed by atoms with van der Waals surface area (Å²) in [5.74, 6) is 0. The zero-order chi connectivity index (χ0) is 19.9. The Morgan fingerprint density at radius 1 is 0.500 bits per heavy atom. The van der Waals surface area contributed by atoms with Gasteiger partial charge in [0.2, 0.25) is 0 Å². The molecule has 0 radical (unpaired) electrons. The average molecular weight is 644 g/mol. The molecule has 0 rings (SSSR count). The molecule has 0 aliphatic carbocycles. The van der Waals surface area contributed by atoms with E-state index in [4.69, 9.17) is 63.0 Å². The van der Waals surface area contributed by atoms with Gasteiger partial charge in [-0.3, -0.25) is 0 Å². The van der Waals surface area contributed by atoms with E-state index < -0.39 is 39.1 Å². The number of hydrogen-bond donors (Lipinski definition) is 5. The van der Waals surface area contributed by atoms with E-state index in [9.17, 15) is 13.7 Å². The molecule has 0 aliphatic heterocycles. The first kappa shape index (κ1) is 42.6. The molecule has 26 heteroatoms. The fraction of sp³-hybridized carbons (Fsp3) is 0. The van der Waals surface area contributed by atoms with E-state index >= 15 is 0 Å². The minimum Gasteiger partial charge on any atom is -0.822 e. The molecule has 0 saturated heterocycles. The van der Waals surface area contributed by atoms with Gasteiger partial charge in [0, 0.05) is 0 Å². The topological polar surface area (TPSA) is 343 Å². The number of hydrogen-bond acceptors (Lipinski definition) is 13. The molecule has 0 aromatic rings. The fourth-order valence-electron chi connectivity index (χ4n) is 0.284. The van der Waals surface area contributed by atoms with Crippen molar-refractivity contribution in [2.45, 2.75) is 0 Å². The first-order valence-corrected chi connectivity index (χ1v) is 11.2. The Labute approximate surface area is 182 Å². The number of phosphoric acid groups is 5. The number of rotatable bonds is 4. The zero-order valence-electron chi connectivity index (χ0n) is 11.9. The summed E-state index contributed by atoms with van der Waals surface area (Å²) >= 11 is 0. The van der Waals surface area contributed by atoms with Crippen LogP contribution in [0.5, 0.6) is 0 Å². The third-order valence-electron chi connectivity index (χ3n) is 0.419. The molecular formula is H5O18P5Zn3. The minimum absolute atomic E-state index is 0. The van der Waals surface area contributed by atoms with Crippen molar-refractivity contribution < 1.29 is 144 Å². The van der Waals surface area contributed by atoms with Gasteiger partial charge in [0.25, 0.3) is 0 Å². The molecule has 0 heterocycles. The summed E-state index contributed by atoms with van der Waals surface area (Å²) in [6, 6.07) is 0. The molecule has 0 spiro atoms.